The zero-order valence-electron chi connectivity index (χ0n) is 13.8. The number of hydrogen-bond acceptors (Lipinski definition) is 5. The lowest BCUT2D eigenvalue weighted by Gasteiger charge is -2.23. The molecule has 0 fully saturated rings. The average molecular weight is 331 g/mol. The first-order valence-electron chi connectivity index (χ1n) is 7.30. The largest absolute Gasteiger partial charge is 0.480 e. The summed E-state index contributed by atoms with van der Waals surface area (Å²) < 4.78 is 0. The van der Waals surface area contributed by atoms with Gasteiger partial charge in [-0.2, -0.15) is 0 Å². The lowest BCUT2D eigenvalue weighted by molar-refractivity contribution is -0.142. The van der Waals surface area contributed by atoms with Crippen LogP contribution in [0.2, 0.25) is 0 Å². The van der Waals surface area contributed by atoms with Crippen LogP contribution in [0.4, 0.5) is 0 Å². The molecule has 0 aromatic carbocycles. The molecule has 23 heavy (non-hydrogen) atoms. The standard InChI is InChI=1S/C14H25N3O6/c1-7(2)5-10(16-9(4)19)12(20)17-11(6-18)13(21)15-8(3)14(22)23/h7-8,10-11,18H,5-6H2,1-4H3,(H,15,21)(H,16,19)(H,17,20)(H,22,23). The number of amides is 3. The quantitative estimate of drug-likeness (QED) is 0.351. The van der Waals surface area contributed by atoms with Gasteiger partial charge in [-0.25, -0.2) is 0 Å². The van der Waals surface area contributed by atoms with Crippen LogP contribution in [-0.2, 0) is 19.2 Å². The molecule has 3 unspecified atom stereocenters. The number of rotatable bonds is 9. The van der Waals surface area contributed by atoms with Crippen LogP contribution in [0.25, 0.3) is 0 Å². The van der Waals surface area contributed by atoms with E-state index in [9.17, 15) is 24.3 Å². The third-order valence-electron chi connectivity index (χ3n) is 2.95. The summed E-state index contributed by atoms with van der Waals surface area (Å²) in [4.78, 5) is 45.9. The third-order valence-corrected chi connectivity index (χ3v) is 2.95. The van der Waals surface area contributed by atoms with Crippen LogP contribution in [0.15, 0.2) is 0 Å². The van der Waals surface area contributed by atoms with Crippen LogP contribution in [0.1, 0.15) is 34.1 Å². The summed E-state index contributed by atoms with van der Waals surface area (Å²) in [7, 11) is 0. The van der Waals surface area contributed by atoms with Crippen molar-refractivity contribution in [3.63, 3.8) is 0 Å². The van der Waals surface area contributed by atoms with Crippen LogP contribution in [0, 0.1) is 5.92 Å². The molecule has 0 saturated carbocycles. The fraction of sp³-hybridized carbons (Fsp3) is 0.714. The molecule has 0 aromatic heterocycles. The summed E-state index contributed by atoms with van der Waals surface area (Å²) in [6.45, 7) is 5.57. The molecular formula is C14H25N3O6. The predicted octanol–water partition coefficient (Wildman–Crippen LogP) is -1.40. The smallest absolute Gasteiger partial charge is 0.325 e. The van der Waals surface area contributed by atoms with Crippen LogP contribution in [0.5, 0.6) is 0 Å². The lowest BCUT2D eigenvalue weighted by atomic mass is 10.0. The Hall–Kier alpha value is -2.16. The highest BCUT2D eigenvalue weighted by molar-refractivity contribution is 5.93. The molecule has 132 valence electrons. The SMILES string of the molecule is CC(=O)NC(CC(C)C)C(=O)NC(CO)C(=O)NC(C)C(=O)O. The van der Waals surface area contributed by atoms with Crippen LogP contribution in [-0.4, -0.2) is 58.6 Å². The number of carboxylic acids is 1. The van der Waals surface area contributed by atoms with Gasteiger partial charge in [-0.05, 0) is 19.3 Å². The molecular weight excluding hydrogens is 306 g/mol. The van der Waals surface area contributed by atoms with Gasteiger partial charge in [0.25, 0.3) is 0 Å². The first kappa shape index (κ1) is 20.8. The van der Waals surface area contributed by atoms with Crippen molar-refractivity contribution in [2.75, 3.05) is 6.61 Å². The molecule has 0 saturated heterocycles. The van der Waals surface area contributed by atoms with Crippen molar-refractivity contribution in [1.82, 2.24) is 16.0 Å². The number of carboxylic acid groups (broad SMARTS) is 1. The number of aliphatic carboxylic acids is 1. The summed E-state index contributed by atoms with van der Waals surface area (Å²) in [5, 5.41) is 24.9. The molecule has 3 atom stereocenters. The number of aliphatic hydroxyl groups is 1. The zero-order valence-corrected chi connectivity index (χ0v) is 13.8. The van der Waals surface area contributed by atoms with Gasteiger partial charge in [0.15, 0.2) is 0 Å². The van der Waals surface area contributed by atoms with Gasteiger partial charge in [0.1, 0.15) is 18.1 Å². The van der Waals surface area contributed by atoms with E-state index in [4.69, 9.17) is 5.11 Å². The first-order chi connectivity index (χ1) is 10.6. The van der Waals surface area contributed by atoms with E-state index in [2.05, 4.69) is 16.0 Å². The van der Waals surface area contributed by atoms with Crippen molar-refractivity contribution in [2.45, 2.75) is 52.2 Å². The molecule has 0 rings (SSSR count). The lowest BCUT2D eigenvalue weighted by Crippen LogP contribution is -2.56. The molecule has 0 radical (unpaired) electrons. The van der Waals surface area contributed by atoms with Crippen molar-refractivity contribution in [1.29, 1.82) is 0 Å². The van der Waals surface area contributed by atoms with Crippen molar-refractivity contribution >= 4 is 23.7 Å². The number of carbonyl (C=O) groups excluding carboxylic acids is 3. The molecule has 0 aromatic rings. The summed E-state index contributed by atoms with van der Waals surface area (Å²) in [6.07, 6.45) is 0.358. The molecule has 0 spiro atoms. The molecule has 0 heterocycles. The Kier molecular flexibility index (Phi) is 8.86. The maximum absolute atomic E-state index is 12.2. The van der Waals surface area contributed by atoms with Crippen LogP contribution in [0.3, 0.4) is 0 Å². The van der Waals surface area contributed by atoms with Gasteiger partial charge in [-0.15, -0.1) is 0 Å². The van der Waals surface area contributed by atoms with Crippen molar-refractivity contribution < 1.29 is 29.4 Å². The zero-order chi connectivity index (χ0) is 18.2. The fourth-order valence-electron chi connectivity index (χ4n) is 1.79. The molecule has 0 aliphatic heterocycles. The molecule has 9 heteroatoms. The Balaban J connectivity index is 4.85. The van der Waals surface area contributed by atoms with Crippen LogP contribution < -0.4 is 16.0 Å². The second kappa shape index (κ2) is 9.78. The fourth-order valence-corrected chi connectivity index (χ4v) is 1.79. The predicted molar refractivity (Wildman–Crippen MR) is 81.3 cm³/mol. The van der Waals surface area contributed by atoms with Gasteiger partial charge in [-0.3, -0.25) is 19.2 Å². The van der Waals surface area contributed by atoms with Gasteiger partial charge in [0.2, 0.25) is 17.7 Å². The molecule has 0 aliphatic rings. The molecule has 5 N–H and O–H groups in total. The maximum atomic E-state index is 12.2. The second-order valence-corrected chi connectivity index (χ2v) is 5.69. The van der Waals surface area contributed by atoms with E-state index in [0.29, 0.717) is 6.42 Å². The minimum Gasteiger partial charge on any atom is -0.480 e. The topological polar surface area (TPSA) is 145 Å². The summed E-state index contributed by atoms with van der Waals surface area (Å²) in [5.41, 5.74) is 0. The summed E-state index contributed by atoms with van der Waals surface area (Å²) in [5.74, 6) is -2.95. The van der Waals surface area contributed by atoms with Crippen molar-refractivity contribution in [3.05, 3.63) is 0 Å². The van der Waals surface area contributed by atoms with Gasteiger partial charge in [0, 0.05) is 6.92 Å². The van der Waals surface area contributed by atoms with Gasteiger partial charge in [0.05, 0.1) is 6.61 Å². The van der Waals surface area contributed by atoms with Crippen molar-refractivity contribution in [2.24, 2.45) is 5.92 Å². The van der Waals surface area contributed by atoms with Crippen LogP contribution >= 0.6 is 0 Å². The molecule has 0 bridgehead atoms. The number of hydrogen-bond donors (Lipinski definition) is 5. The normalized spacial score (nSPS) is 14.5. The number of carbonyl (C=O) groups is 4. The first-order valence-corrected chi connectivity index (χ1v) is 7.30. The Morgan fingerprint density at radius 3 is 1.83 bits per heavy atom. The highest BCUT2D eigenvalue weighted by Crippen LogP contribution is 2.05. The number of aliphatic hydroxyl groups excluding tert-OH is 1. The van der Waals surface area contributed by atoms with Crippen molar-refractivity contribution in [3.8, 4) is 0 Å². The number of nitrogens with one attached hydrogen (secondary N) is 3. The van der Waals surface area contributed by atoms with E-state index >= 15 is 0 Å². The van der Waals surface area contributed by atoms with E-state index in [1.54, 1.807) is 0 Å². The summed E-state index contributed by atoms with van der Waals surface area (Å²) >= 11 is 0. The van der Waals surface area contributed by atoms with E-state index in [-0.39, 0.29) is 5.92 Å². The van der Waals surface area contributed by atoms with E-state index in [0.717, 1.165) is 0 Å². The Labute approximate surface area is 134 Å². The van der Waals surface area contributed by atoms with E-state index in [1.165, 1.54) is 13.8 Å². The minimum atomic E-state index is -1.30. The van der Waals surface area contributed by atoms with Gasteiger partial charge < -0.3 is 26.2 Å². The second-order valence-electron chi connectivity index (χ2n) is 5.69. The Morgan fingerprint density at radius 2 is 1.43 bits per heavy atom. The molecule has 0 aliphatic carbocycles. The summed E-state index contributed by atoms with van der Waals surface area (Å²) in [6, 6.07) is -3.30. The Bertz CT molecular complexity index is 452. The molecule has 9 nitrogen and oxygen atoms in total. The highest BCUT2D eigenvalue weighted by Gasteiger charge is 2.27. The molecule has 3 amide bonds. The maximum Gasteiger partial charge on any atom is 0.325 e. The average Bonchev–Trinajstić information content (AvgIpc) is 2.42. The van der Waals surface area contributed by atoms with Gasteiger partial charge >= 0.3 is 5.97 Å². The third kappa shape index (κ3) is 8.15. The minimum absolute atomic E-state index is 0.117. The highest BCUT2D eigenvalue weighted by atomic mass is 16.4. The van der Waals surface area contributed by atoms with E-state index in [1.807, 2.05) is 13.8 Å². The monoisotopic (exact) mass is 331 g/mol. The van der Waals surface area contributed by atoms with Gasteiger partial charge in [-0.1, -0.05) is 13.8 Å². The Morgan fingerprint density at radius 1 is 0.913 bits per heavy atom. The van der Waals surface area contributed by atoms with E-state index < -0.39 is 48.4 Å².